The number of aliphatic imine (C=N–C) groups is 1. The smallest absolute Gasteiger partial charge is 0.242 e. The first-order valence-corrected chi connectivity index (χ1v) is 9.64. The van der Waals surface area contributed by atoms with Crippen molar-refractivity contribution in [1.29, 1.82) is 0 Å². The number of carbonyl (C=O) groups excluding carboxylic acids is 1. The molecule has 1 N–H and O–H groups in total. The molecule has 3 rings (SSSR count). The summed E-state index contributed by atoms with van der Waals surface area (Å²) in [4.78, 5) is 25.9. The summed E-state index contributed by atoms with van der Waals surface area (Å²) in [5.74, 6) is 2.10. The van der Waals surface area contributed by atoms with E-state index in [1.54, 1.807) is 7.05 Å². The molecule has 27 heavy (non-hydrogen) atoms. The third-order valence-electron chi connectivity index (χ3n) is 5.24. The number of nitrogens with zero attached hydrogens (tertiary/aromatic N) is 5. The summed E-state index contributed by atoms with van der Waals surface area (Å²) in [5, 5.41) is 3.40. The summed E-state index contributed by atoms with van der Waals surface area (Å²) in [7, 11) is 1.77. The van der Waals surface area contributed by atoms with E-state index in [-0.39, 0.29) is 41.5 Å². The summed E-state index contributed by atoms with van der Waals surface area (Å²) < 4.78 is 2.26. The third-order valence-corrected chi connectivity index (χ3v) is 5.24. The topological polar surface area (TPSA) is 65.8 Å². The van der Waals surface area contributed by atoms with Crippen LogP contribution in [-0.2, 0) is 24.3 Å². The molecule has 3 heterocycles. The minimum Gasteiger partial charge on any atom is -0.351 e. The Bertz CT molecular complexity index is 673. The molecule has 1 saturated heterocycles. The summed E-state index contributed by atoms with van der Waals surface area (Å²) in [5.41, 5.74) is 0.809. The Morgan fingerprint density at radius 1 is 1.37 bits per heavy atom. The maximum atomic E-state index is 12.7. The Morgan fingerprint density at radius 2 is 2.11 bits per heavy atom. The second kappa shape index (κ2) is 8.79. The molecule has 2 aliphatic heterocycles. The van der Waals surface area contributed by atoms with Crippen molar-refractivity contribution in [3.8, 4) is 0 Å². The monoisotopic (exact) mass is 488 g/mol. The first kappa shape index (κ1) is 22.0. The van der Waals surface area contributed by atoms with Crippen molar-refractivity contribution < 1.29 is 4.79 Å². The van der Waals surface area contributed by atoms with E-state index in [9.17, 15) is 4.79 Å². The number of imidazole rings is 1. The van der Waals surface area contributed by atoms with Crippen LogP contribution in [-0.4, -0.2) is 62.9 Å². The van der Waals surface area contributed by atoms with Gasteiger partial charge < -0.3 is 19.7 Å². The highest BCUT2D eigenvalue weighted by Gasteiger charge is 2.40. The lowest BCUT2D eigenvalue weighted by Gasteiger charge is -2.49. The molecule has 8 heteroatoms. The van der Waals surface area contributed by atoms with Crippen LogP contribution in [0.3, 0.4) is 0 Å². The van der Waals surface area contributed by atoms with Crippen LogP contribution in [0.4, 0.5) is 0 Å². The van der Waals surface area contributed by atoms with E-state index < -0.39 is 0 Å². The van der Waals surface area contributed by atoms with Crippen molar-refractivity contribution in [2.24, 2.45) is 4.99 Å². The second-order valence-electron chi connectivity index (χ2n) is 8.23. The number of guanidine groups is 1. The van der Waals surface area contributed by atoms with Gasteiger partial charge in [-0.2, -0.15) is 0 Å². The lowest BCUT2D eigenvalue weighted by molar-refractivity contribution is -0.145. The van der Waals surface area contributed by atoms with Gasteiger partial charge in [-0.05, 0) is 40.5 Å². The normalized spacial score (nSPS) is 19.8. The zero-order chi connectivity index (χ0) is 18.9. The lowest BCUT2D eigenvalue weighted by Crippen LogP contribution is -2.66. The quantitative estimate of drug-likeness (QED) is 0.403. The van der Waals surface area contributed by atoms with Gasteiger partial charge >= 0.3 is 0 Å². The molecule has 0 spiro atoms. The lowest BCUT2D eigenvalue weighted by atomic mass is 9.96. The number of halogens is 1. The van der Waals surface area contributed by atoms with Gasteiger partial charge in [-0.1, -0.05) is 0 Å². The van der Waals surface area contributed by atoms with E-state index in [2.05, 4.69) is 53.7 Å². The highest BCUT2D eigenvalue weighted by Crippen LogP contribution is 2.24. The molecular weight excluding hydrogens is 455 g/mol. The van der Waals surface area contributed by atoms with Gasteiger partial charge in [-0.25, -0.2) is 4.98 Å². The minimum atomic E-state index is -0.228. The molecule has 0 bridgehead atoms. The molecule has 0 aromatic carbocycles. The van der Waals surface area contributed by atoms with E-state index in [1.807, 2.05) is 4.90 Å². The van der Waals surface area contributed by atoms with Crippen molar-refractivity contribution >= 4 is 35.8 Å². The molecule has 0 radical (unpaired) electrons. The Kier molecular flexibility index (Phi) is 7.15. The molecule has 1 fully saturated rings. The molecule has 0 saturated carbocycles. The van der Waals surface area contributed by atoms with E-state index in [0.29, 0.717) is 13.1 Å². The number of amides is 1. The van der Waals surface area contributed by atoms with Gasteiger partial charge in [0.05, 0.1) is 24.3 Å². The van der Waals surface area contributed by atoms with Crippen LogP contribution in [0.25, 0.3) is 0 Å². The van der Waals surface area contributed by atoms with Crippen molar-refractivity contribution in [3.63, 3.8) is 0 Å². The van der Waals surface area contributed by atoms with Crippen molar-refractivity contribution in [3.05, 3.63) is 17.7 Å². The molecule has 1 aromatic rings. The molecule has 2 aliphatic rings. The van der Waals surface area contributed by atoms with Crippen LogP contribution in [0.2, 0.25) is 0 Å². The minimum absolute atomic E-state index is 0. The first-order valence-electron chi connectivity index (χ1n) is 9.64. The first-order chi connectivity index (χ1) is 12.3. The van der Waals surface area contributed by atoms with Crippen molar-refractivity contribution in [2.75, 3.05) is 20.1 Å². The molecule has 7 nitrogen and oxygen atoms in total. The fraction of sp³-hybridized carbons (Fsp3) is 0.737. The average molecular weight is 488 g/mol. The Labute approximate surface area is 179 Å². The predicted molar refractivity (Wildman–Crippen MR) is 118 cm³/mol. The summed E-state index contributed by atoms with van der Waals surface area (Å²) in [6.07, 6.45) is 5.66. The third kappa shape index (κ3) is 4.75. The van der Waals surface area contributed by atoms with Crippen LogP contribution >= 0.6 is 24.0 Å². The largest absolute Gasteiger partial charge is 0.351 e. The number of carbonyl (C=O) groups is 1. The zero-order valence-corrected chi connectivity index (χ0v) is 19.5. The Balaban J connectivity index is 0.00000261. The van der Waals surface area contributed by atoms with Crippen LogP contribution in [0, 0.1) is 0 Å². The molecule has 0 unspecified atom stereocenters. The standard InChI is InChI=1S/C19H32N6O.HI/c1-14(2)25-17(26)12-24(13-19(25,3)4)18(20-5)21-10-15-11-23-9-7-6-8-16(23)22-15;/h11,14H,6-10,12-13H2,1-5H3,(H,20,21);1H. The number of aromatic nitrogens is 2. The Hall–Kier alpha value is -1.32. The number of nitrogens with one attached hydrogen (secondary N) is 1. The second-order valence-corrected chi connectivity index (χ2v) is 8.23. The maximum absolute atomic E-state index is 12.7. The highest BCUT2D eigenvalue weighted by atomic mass is 127. The van der Waals surface area contributed by atoms with Gasteiger partial charge in [0.2, 0.25) is 5.91 Å². The fourth-order valence-corrected chi connectivity index (χ4v) is 4.37. The zero-order valence-electron chi connectivity index (χ0n) is 17.2. The molecule has 1 amide bonds. The number of rotatable bonds is 3. The highest BCUT2D eigenvalue weighted by molar-refractivity contribution is 14.0. The number of fused-ring (bicyclic) bond motifs is 1. The van der Waals surface area contributed by atoms with E-state index in [1.165, 1.54) is 18.7 Å². The van der Waals surface area contributed by atoms with Crippen LogP contribution in [0.1, 0.15) is 52.1 Å². The SMILES string of the molecule is CN=C(NCc1cn2c(n1)CCCC2)N1CC(=O)N(C(C)C)C(C)(C)C1.I. The summed E-state index contributed by atoms with van der Waals surface area (Å²) >= 11 is 0. The number of piperazine rings is 1. The van der Waals surface area contributed by atoms with E-state index >= 15 is 0 Å². The van der Waals surface area contributed by atoms with Gasteiger partial charge in [0, 0.05) is 38.8 Å². The summed E-state index contributed by atoms with van der Waals surface area (Å²) in [6, 6.07) is 0.200. The average Bonchev–Trinajstić information content (AvgIpc) is 2.96. The number of aryl methyl sites for hydroxylation is 2. The van der Waals surface area contributed by atoms with Crippen LogP contribution in [0.15, 0.2) is 11.2 Å². The number of hydrogen-bond donors (Lipinski definition) is 1. The van der Waals surface area contributed by atoms with Crippen LogP contribution in [0.5, 0.6) is 0 Å². The summed E-state index contributed by atoms with van der Waals surface area (Å²) in [6.45, 7) is 11.2. The Morgan fingerprint density at radius 3 is 2.70 bits per heavy atom. The van der Waals surface area contributed by atoms with E-state index in [4.69, 9.17) is 4.98 Å². The van der Waals surface area contributed by atoms with Crippen molar-refractivity contribution in [2.45, 2.75) is 71.6 Å². The maximum Gasteiger partial charge on any atom is 0.242 e. The predicted octanol–water partition coefficient (Wildman–Crippen LogP) is 2.24. The number of hydrogen-bond acceptors (Lipinski definition) is 3. The van der Waals surface area contributed by atoms with Gasteiger partial charge in [0.25, 0.3) is 0 Å². The van der Waals surface area contributed by atoms with E-state index in [0.717, 1.165) is 31.2 Å². The molecule has 152 valence electrons. The molecule has 0 aliphatic carbocycles. The van der Waals surface area contributed by atoms with Crippen LogP contribution < -0.4 is 5.32 Å². The van der Waals surface area contributed by atoms with Gasteiger partial charge in [-0.15, -0.1) is 24.0 Å². The van der Waals surface area contributed by atoms with Gasteiger partial charge in [-0.3, -0.25) is 9.79 Å². The van der Waals surface area contributed by atoms with Gasteiger partial charge in [0.15, 0.2) is 5.96 Å². The molecule has 0 atom stereocenters. The molecule has 1 aromatic heterocycles. The van der Waals surface area contributed by atoms with Crippen molar-refractivity contribution in [1.82, 2.24) is 24.7 Å². The van der Waals surface area contributed by atoms with Gasteiger partial charge in [0.1, 0.15) is 5.82 Å². The fourth-order valence-electron chi connectivity index (χ4n) is 4.37. The molecular formula is C19H33IN6O.